The zero-order valence-corrected chi connectivity index (χ0v) is 48.9. The minimum Gasteiger partial charge on any atom is -0.496 e. The lowest BCUT2D eigenvalue weighted by molar-refractivity contribution is -0.122. The summed E-state index contributed by atoms with van der Waals surface area (Å²) in [6.07, 6.45) is 14.3. The molecule has 0 bridgehead atoms. The summed E-state index contributed by atoms with van der Waals surface area (Å²) >= 11 is 0. The Kier molecular flexibility index (Phi) is 24.7. The molecule has 77 heavy (non-hydrogen) atoms. The first kappa shape index (κ1) is 61.8. The summed E-state index contributed by atoms with van der Waals surface area (Å²) < 4.78 is 26.3. The van der Waals surface area contributed by atoms with Crippen molar-refractivity contribution in [1.82, 2.24) is 40.8 Å². The van der Waals surface area contributed by atoms with E-state index in [0.717, 1.165) is 35.6 Å². The molecule has 0 radical (unpaired) electrons. The minimum atomic E-state index is -0.287. The number of ether oxygens (including phenoxy) is 4. The van der Waals surface area contributed by atoms with Gasteiger partial charge in [0.2, 0.25) is 11.8 Å². The number of nitrogens with one attached hydrogen (secondary N) is 4. The lowest BCUT2D eigenvalue weighted by Crippen LogP contribution is -2.41. The van der Waals surface area contributed by atoms with Gasteiger partial charge in [0.1, 0.15) is 23.0 Å². The van der Waals surface area contributed by atoms with Crippen LogP contribution in [0.15, 0.2) is 48.5 Å². The van der Waals surface area contributed by atoms with Gasteiger partial charge < -0.3 is 40.2 Å². The number of amides is 4. The van der Waals surface area contributed by atoms with Crippen molar-refractivity contribution in [3.8, 4) is 45.5 Å². The van der Waals surface area contributed by atoms with E-state index in [0.29, 0.717) is 83.4 Å². The summed E-state index contributed by atoms with van der Waals surface area (Å²) in [6, 6.07) is 14.3. The van der Waals surface area contributed by atoms with Gasteiger partial charge in [-0.1, -0.05) is 106 Å². The van der Waals surface area contributed by atoms with Crippen LogP contribution in [0.2, 0.25) is 0 Å². The predicted molar refractivity (Wildman–Crippen MR) is 306 cm³/mol. The van der Waals surface area contributed by atoms with Crippen molar-refractivity contribution in [3.63, 3.8) is 0 Å². The van der Waals surface area contributed by atoms with E-state index >= 15 is 0 Å². The number of hydrogen-bond donors (Lipinski definition) is 4. The summed E-state index contributed by atoms with van der Waals surface area (Å²) in [7, 11) is 6.47. The van der Waals surface area contributed by atoms with Gasteiger partial charge in [0, 0.05) is 44.6 Å². The summed E-state index contributed by atoms with van der Waals surface area (Å²) in [5.74, 6) is 4.38. The first-order chi connectivity index (χ1) is 36.8. The van der Waals surface area contributed by atoms with Crippen LogP contribution < -0.4 is 40.2 Å². The van der Waals surface area contributed by atoms with Crippen LogP contribution in [0.25, 0.3) is 22.5 Å². The molecule has 2 aromatic carbocycles. The van der Waals surface area contributed by atoms with E-state index in [-0.39, 0.29) is 60.5 Å². The second kappa shape index (κ2) is 30.8. The van der Waals surface area contributed by atoms with E-state index in [9.17, 15) is 19.2 Å². The summed E-state index contributed by atoms with van der Waals surface area (Å²) in [6.45, 7) is 21.0. The van der Waals surface area contributed by atoms with Crippen LogP contribution in [0.3, 0.4) is 0 Å². The highest BCUT2D eigenvalue weighted by atomic mass is 16.5. The third-order valence-electron chi connectivity index (χ3n) is 14.9. The highest BCUT2D eigenvalue weighted by Crippen LogP contribution is 2.41. The van der Waals surface area contributed by atoms with E-state index in [1.165, 1.54) is 64.2 Å². The molecule has 2 aliphatic rings. The number of nitrogens with zero attached hydrogens (tertiary/aromatic N) is 4. The van der Waals surface area contributed by atoms with Gasteiger partial charge in [-0.2, -0.15) is 10.2 Å². The van der Waals surface area contributed by atoms with Gasteiger partial charge in [-0.25, -0.2) is 0 Å². The van der Waals surface area contributed by atoms with Gasteiger partial charge in [-0.05, 0) is 117 Å². The fraction of sp³-hybridized carbons (Fsp3) is 0.639. The van der Waals surface area contributed by atoms with Crippen molar-refractivity contribution in [2.75, 3.05) is 41.5 Å². The largest absolute Gasteiger partial charge is 0.496 e. The van der Waals surface area contributed by atoms with Crippen LogP contribution in [0, 0.1) is 35.5 Å². The van der Waals surface area contributed by atoms with Crippen LogP contribution >= 0.6 is 0 Å². The summed E-state index contributed by atoms with van der Waals surface area (Å²) in [4.78, 5) is 52.6. The molecule has 0 aliphatic heterocycles. The Labute approximate surface area is 460 Å². The maximum atomic E-state index is 13.5. The lowest BCUT2D eigenvalue weighted by atomic mass is 9.89. The first-order valence-electron chi connectivity index (χ1n) is 28.6. The maximum absolute atomic E-state index is 13.5. The molecule has 2 heterocycles. The van der Waals surface area contributed by atoms with Gasteiger partial charge in [0.05, 0.1) is 57.0 Å². The third-order valence-corrected chi connectivity index (χ3v) is 14.9. The molecule has 2 saturated carbocycles. The average molecular weight is 1070 g/mol. The van der Waals surface area contributed by atoms with Crippen molar-refractivity contribution < 1.29 is 38.1 Å². The van der Waals surface area contributed by atoms with Crippen LogP contribution in [-0.4, -0.2) is 96.8 Å². The van der Waals surface area contributed by atoms with E-state index in [1.54, 1.807) is 40.6 Å². The van der Waals surface area contributed by atoms with Crippen molar-refractivity contribution in [1.29, 1.82) is 0 Å². The molecule has 2 fully saturated rings. The van der Waals surface area contributed by atoms with E-state index in [4.69, 9.17) is 24.0 Å². The summed E-state index contributed by atoms with van der Waals surface area (Å²) in [5.41, 5.74) is 3.63. The standard InChI is InChI=1S/C31H48N4O4.C30H46N4O4/c1-20(2)16-24(17-29(36)32-19-23-12-9-8-10-13-23)33-31(37)25-18-26(35(34-25)22(5)21(3)4)30-27(38-6)14-11-15-28(30)39-7;1-20(2)15-23(16-28(35)31-18-22-11-8-7-9-12-22)32-30(36)24-17-25(34(33-24)19-21(3)4)29-26(37-5)13-10-14-27(29)38-6/h11,14-15,18,20-24H,8-10,12-13,16-17,19H2,1-7H3,(H,32,36)(H,33,37);10,13-14,17,20-23H,7-9,11-12,15-16,18-19H2,1-6H3,(H,31,35)(H,32,36)/t22?,24-;23-/m00/s1. The van der Waals surface area contributed by atoms with Gasteiger partial charge in [0.25, 0.3) is 11.8 Å². The molecule has 0 saturated heterocycles. The number of hydrogen-bond acceptors (Lipinski definition) is 10. The van der Waals surface area contributed by atoms with Gasteiger partial charge in [-0.15, -0.1) is 0 Å². The monoisotopic (exact) mass is 1070 g/mol. The lowest BCUT2D eigenvalue weighted by Gasteiger charge is -2.23. The minimum absolute atomic E-state index is 0.00805. The molecule has 4 aromatic rings. The zero-order valence-electron chi connectivity index (χ0n) is 48.9. The Morgan fingerprint density at radius 2 is 0.935 bits per heavy atom. The number of aromatic nitrogens is 4. The van der Waals surface area contributed by atoms with Crippen molar-refractivity contribution in [2.24, 2.45) is 35.5 Å². The smallest absolute Gasteiger partial charge is 0.272 e. The molecule has 16 heteroatoms. The Morgan fingerprint density at radius 1 is 0.545 bits per heavy atom. The Hall–Kier alpha value is -6.06. The van der Waals surface area contributed by atoms with Crippen LogP contribution in [0.1, 0.15) is 179 Å². The van der Waals surface area contributed by atoms with Gasteiger partial charge in [-0.3, -0.25) is 28.5 Å². The van der Waals surface area contributed by atoms with Crippen LogP contribution in [0.4, 0.5) is 0 Å². The van der Waals surface area contributed by atoms with Gasteiger partial charge in [0.15, 0.2) is 11.4 Å². The molecular formula is C61H94N8O8. The zero-order chi connectivity index (χ0) is 56.2. The van der Waals surface area contributed by atoms with E-state index < -0.39 is 0 Å². The molecule has 2 aromatic heterocycles. The molecular weight excluding hydrogens is 973 g/mol. The molecule has 2 aliphatic carbocycles. The molecule has 3 atom stereocenters. The second-order valence-electron chi connectivity index (χ2n) is 23.0. The molecule has 6 rings (SSSR count). The number of carbonyl (C=O) groups is 4. The molecule has 426 valence electrons. The molecule has 4 amide bonds. The van der Waals surface area contributed by atoms with E-state index in [1.807, 2.05) is 45.8 Å². The molecule has 16 nitrogen and oxygen atoms in total. The SMILES string of the molecule is COc1cccc(OC)c1-c1cc(C(=O)N[C@H](CC(=O)NCC2CCCCC2)CC(C)C)nn1C(C)C(C)C.COc1cccc(OC)c1-c1cc(C(=O)N[C@H](CC(=O)NCC2CCCCC2)CC(C)C)nn1CC(C)C. The molecule has 4 N–H and O–H groups in total. The number of rotatable bonds is 26. The number of carbonyl (C=O) groups excluding carboxylic acids is 4. The fourth-order valence-electron chi connectivity index (χ4n) is 10.6. The first-order valence-corrected chi connectivity index (χ1v) is 28.6. The summed E-state index contributed by atoms with van der Waals surface area (Å²) in [5, 5.41) is 21.9. The fourth-order valence-corrected chi connectivity index (χ4v) is 10.6. The Morgan fingerprint density at radius 3 is 1.31 bits per heavy atom. The quantitative estimate of drug-likeness (QED) is 0.0471. The van der Waals surface area contributed by atoms with Crippen molar-refractivity contribution >= 4 is 23.6 Å². The second-order valence-corrected chi connectivity index (χ2v) is 23.0. The topological polar surface area (TPSA) is 189 Å². The predicted octanol–water partition coefficient (Wildman–Crippen LogP) is 11.5. The van der Waals surface area contributed by atoms with Crippen LogP contribution in [0.5, 0.6) is 23.0 Å². The Balaban J connectivity index is 0.000000284. The van der Waals surface area contributed by atoms with Gasteiger partial charge >= 0.3 is 0 Å². The average Bonchev–Trinajstić information content (AvgIpc) is 4.05. The highest BCUT2D eigenvalue weighted by molar-refractivity contribution is 5.95. The third kappa shape index (κ3) is 18.5. The normalized spacial score (nSPS) is 15.3. The molecule has 1 unspecified atom stereocenters. The van der Waals surface area contributed by atoms with E-state index in [2.05, 4.69) is 88.7 Å². The van der Waals surface area contributed by atoms with Crippen molar-refractivity contribution in [3.05, 3.63) is 59.9 Å². The molecule has 0 spiro atoms. The Bertz CT molecular complexity index is 2440. The number of methoxy groups -OCH3 is 4. The number of benzene rings is 2. The highest BCUT2D eigenvalue weighted by Gasteiger charge is 2.29. The maximum Gasteiger partial charge on any atom is 0.272 e. The van der Waals surface area contributed by atoms with Crippen molar-refractivity contribution in [2.45, 2.75) is 177 Å². The van der Waals surface area contributed by atoms with Crippen LogP contribution in [-0.2, 0) is 16.1 Å².